The zero-order chi connectivity index (χ0) is 24.6. The average Bonchev–Trinajstić information content (AvgIpc) is 2.75. The van der Waals surface area contributed by atoms with E-state index in [0.717, 1.165) is 10.6 Å². The number of carboxylic acids is 1. The van der Waals surface area contributed by atoms with E-state index in [2.05, 4.69) is 4.90 Å². The molecule has 2 aliphatic heterocycles. The van der Waals surface area contributed by atoms with Crippen molar-refractivity contribution in [1.29, 1.82) is 0 Å². The van der Waals surface area contributed by atoms with E-state index in [4.69, 9.17) is 4.74 Å². The maximum atomic E-state index is 13.8. The minimum atomic E-state index is -1.77. The largest absolute Gasteiger partial charge is 0.481 e. The second-order valence-electron chi connectivity index (χ2n) is 10.3. The first-order valence-corrected chi connectivity index (χ1v) is 11.3. The van der Waals surface area contributed by atoms with Crippen LogP contribution in [0.25, 0.3) is 0 Å². The van der Waals surface area contributed by atoms with Crippen LogP contribution < -0.4 is 4.90 Å². The molecule has 0 bridgehead atoms. The van der Waals surface area contributed by atoms with E-state index >= 15 is 0 Å². The Balaban J connectivity index is 1.88. The van der Waals surface area contributed by atoms with Crippen molar-refractivity contribution in [2.75, 3.05) is 37.6 Å². The number of ether oxygens (including phenoxy) is 1. The lowest BCUT2D eigenvalue weighted by molar-refractivity contribution is -0.190. The number of carbonyl (C=O) groups excluding carboxylic acids is 1. The fraction of sp³-hybridized carbons (Fsp3) is 0.625. The summed E-state index contributed by atoms with van der Waals surface area (Å²) >= 11 is 0. The highest BCUT2D eigenvalue weighted by Gasteiger charge is 2.65. The van der Waals surface area contributed by atoms with E-state index in [-0.39, 0.29) is 13.0 Å². The Bertz CT molecular complexity index is 893. The van der Waals surface area contributed by atoms with Crippen LogP contribution in [-0.4, -0.2) is 88.0 Å². The summed E-state index contributed by atoms with van der Waals surface area (Å²) in [5.74, 6) is -1.69. The van der Waals surface area contributed by atoms with Crippen molar-refractivity contribution in [2.24, 2.45) is 5.41 Å². The van der Waals surface area contributed by atoms with E-state index in [9.17, 15) is 24.6 Å². The molecule has 0 radical (unpaired) electrons. The molecule has 0 unspecified atom stereocenters. The zero-order valence-corrected chi connectivity index (χ0v) is 20.1. The Morgan fingerprint density at radius 2 is 1.58 bits per heavy atom. The van der Waals surface area contributed by atoms with Gasteiger partial charge in [0.1, 0.15) is 5.54 Å². The van der Waals surface area contributed by atoms with Gasteiger partial charge in [0.15, 0.2) is 0 Å². The standard InChI is InChI=1S/C24H35N3O6/c1-22(2,3)33-18-15-23(4,20(29)30)24(5,27(16-18)21(31)32)19(28)26-13-11-25(12-14-26)17-9-7-6-8-10-17/h6-10,18H,11-16H2,1-5H3,(H,29,30)(H,31,32)/t18-,23+,24+/m0/s1. The number of anilines is 1. The lowest BCUT2D eigenvalue weighted by atomic mass is 9.64. The van der Waals surface area contributed by atoms with Crippen molar-refractivity contribution < 1.29 is 29.3 Å². The molecule has 2 heterocycles. The molecule has 3 atom stereocenters. The Morgan fingerprint density at radius 3 is 2.06 bits per heavy atom. The lowest BCUT2D eigenvalue weighted by Crippen LogP contribution is -2.74. The molecule has 1 aromatic carbocycles. The zero-order valence-electron chi connectivity index (χ0n) is 20.1. The predicted octanol–water partition coefficient (Wildman–Crippen LogP) is 2.75. The minimum Gasteiger partial charge on any atom is -0.481 e. The van der Waals surface area contributed by atoms with Crippen LogP contribution in [0.2, 0.25) is 0 Å². The summed E-state index contributed by atoms with van der Waals surface area (Å²) in [6.45, 7) is 10.3. The summed E-state index contributed by atoms with van der Waals surface area (Å²) in [7, 11) is 0. The number of amides is 2. The first-order valence-electron chi connectivity index (χ1n) is 11.3. The fourth-order valence-corrected chi connectivity index (χ4v) is 5.01. The van der Waals surface area contributed by atoms with Crippen molar-refractivity contribution >= 4 is 23.7 Å². The molecule has 33 heavy (non-hydrogen) atoms. The molecule has 2 aliphatic rings. The monoisotopic (exact) mass is 461 g/mol. The smallest absolute Gasteiger partial charge is 0.408 e. The van der Waals surface area contributed by atoms with E-state index in [1.54, 1.807) is 4.90 Å². The van der Waals surface area contributed by atoms with Gasteiger partial charge in [-0.25, -0.2) is 4.79 Å². The molecule has 182 valence electrons. The van der Waals surface area contributed by atoms with E-state index in [1.807, 2.05) is 51.1 Å². The predicted molar refractivity (Wildman–Crippen MR) is 123 cm³/mol. The minimum absolute atomic E-state index is 0.0373. The molecule has 0 aliphatic carbocycles. The van der Waals surface area contributed by atoms with Crippen molar-refractivity contribution in [3.8, 4) is 0 Å². The quantitative estimate of drug-likeness (QED) is 0.709. The maximum Gasteiger partial charge on any atom is 0.408 e. The number of hydrogen-bond acceptors (Lipinski definition) is 5. The molecule has 3 rings (SSSR count). The van der Waals surface area contributed by atoms with Crippen LogP contribution >= 0.6 is 0 Å². The number of carboxylic acid groups (broad SMARTS) is 2. The third-order valence-corrected chi connectivity index (χ3v) is 6.96. The van der Waals surface area contributed by atoms with Crippen molar-refractivity contribution in [3.63, 3.8) is 0 Å². The molecule has 9 heteroatoms. The number of carbonyl (C=O) groups is 3. The summed E-state index contributed by atoms with van der Waals surface area (Å²) in [4.78, 5) is 43.4. The Kier molecular flexibility index (Phi) is 6.66. The Hall–Kier alpha value is -2.81. The summed E-state index contributed by atoms with van der Waals surface area (Å²) in [6.07, 6.45) is -1.93. The van der Waals surface area contributed by atoms with Gasteiger partial charge in [0.2, 0.25) is 5.91 Å². The van der Waals surface area contributed by atoms with Gasteiger partial charge in [0, 0.05) is 31.9 Å². The molecule has 9 nitrogen and oxygen atoms in total. The van der Waals surface area contributed by atoms with E-state index in [1.165, 1.54) is 13.8 Å². The summed E-state index contributed by atoms with van der Waals surface area (Å²) in [5, 5.41) is 20.3. The highest BCUT2D eigenvalue weighted by Crippen LogP contribution is 2.47. The molecule has 0 aromatic heterocycles. The van der Waals surface area contributed by atoms with Crippen molar-refractivity contribution in [2.45, 2.75) is 58.3 Å². The summed E-state index contributed by atoms with van der Waals surface area (Å²) in [6, 6.07) is 9.85. The van der Waals surface area contributed by atoms with Gasteiger partial charge in [-0.15, -0.1) is 0 Å². The Morgan fingerprint density at radius 1 is 1.00 bits per heavy atom. The molecular formula is C24H35N3O6. The van der Waals surface area contributed by atoms with Gasteiger partial charge in [-0.2, -0.15) is 0 Å². The van der Waals surface area contributed by atoms with Crippen molar-refractivity contribution in [1.82, 2.24) is 9.80 Å². The second-order valence-corrected chi connectivity index (χ2v) is 10.3. The Labute approximate surface area is 194 Å². The third kappa shape index (κ3) is 4.64. The average molecular weight is 462 g/mol. The number of aliphatic carboxylic acids is 1. The van der Waals surface area contributed by atoms with Crippen LogP contribution in [0.3, 0.4) is 0 Å². The fourth-order valence-electron chi connectivity index (χ4n) is 5.01. The SMILES string of the molecule is CC(C)(C)O[C@@H]1CN(C(=O)O)[C@](C)(C(=O)N2CCN(c3ccccc3)CC2)[C@@](C)(C(=O)O)C1. The molecule has 2 fully saturated rings. The number of benzene rings is 1. The van der Waals surface area contributed by atoms with Gasteiger partial charge in [0.25, 0.3) is 0 Å². The molecule has 0 saturated carbocycles. The summed E-state index contributed by atoms with van der Waals surface area (Å²) < 4.78 is 5.99. The van der Waals surface area contributed by atoms with Gasteiger partial charge in [0.05, 0.1) is 23.7 Å². The van der Waals surface area contributed by atoms with Gasteiger partial charge < -0.3 is 24.7 Å². The highest BCUT2D eigenvalue weighted by molar-refractivity contribution is 5.96. The number of piperazine rings is 1. The summed E-state index contributed by atoms with van der Waals surface area (Å²) in [5.41, 5.74) is -2.96. The first kappa shape index (κ1) is 24.8. The van der Waals surface area contributed by atoms with E-state index < -0.39 is 40.6 Å². The highest BCUT2D eigenvalue weighted by atomic mass is 16.5. The molecular weight excluding hydrogens is 426 g/mol. The number of piperidine rings is 1. The topological polar surface area (TPSA) is 111 Å². The van der Waals surface area contributed by atoms with Gasteiger partial charge in [-0.05, 0) is 53.2 Å². The number of hydrogen-bond donors (Lipinski definition) is 2. The van der Waals surface area contributed by atoms with Crippen LogP contribution in [0.4, 0.5) is 10.5 Å². The molecule has 1 aromatic rings. The number of nitrogens with zero attached hydrogens (tertiary/aromatic N) is 3. The van der Waals surface area contributed by atoms with Gasteiger partial charge in [-0.3, -0.25) is 14.5 Å². The lowest BCUT2D eigenvalue weighted by Gasteiger charge is -2.55. The van der Waals surface area contributed by atoms with Crippen LogP contribution in [0.5, 0.6) is 0 Å². The van der Waals surface area contributed by atoms with Crippen LogP contribution in [0.15, 0.2) is 30.3 Å². The molecule has 2 amide bonds. The number of para-hydroxylation sites is 1. The normalized spacial score (nSPS) is 28.5. The molecule has 0 spiro atoms. The molecule has 2 N–H and O–H groups in total. The van der Waals surface area contributed by atoms with E-state index in [0.29, 0.717) is 26.2 Å². The van der Waals surface area contributed by atoms with Crippen LogP contribution in [0, 0.1) is 5.41 Å². The second kappa shape index (κ2) is 8.85. The van der Waals surface area contributed by atoms with Gasteiger partial charge >= 0.3 is 12.1 Å². The van der Waals surface area contributed by atoms with Gasteiger partial charge in [-0.1, -0.05) is 18.2 Å². The third-order valence-electron chi connectivity index (χ3n) is 6.96. The molecule has 2 saturated heterocycles. The number of likely N-dealkylation sites (tertiary alicyclic amines) is 1. The first-order chi connectivity index (χ1) is 15.3. The van der Waals surface area contributed by atoms with Crippen molar-refractivity contribution in [3.05, 3.63) is 30.3 Å². The number of rotatable bonds is 4. The van der Waals surface area contributed by atoms with Crippen LogP contribution in [-0.2, 0) is 14.3 Å². The van der Waals surface area contributed by atoms with Crippen LogP contribution in [0.1, 0.15) is 41.0 Å². The maximum absolute atomic E-state index is 13.8.